The quantitative estimate of drug-likeness (QED) is 0.652. The molecule has 0 aliphatic rings. The largest absolute Gasteiger partial charge is 0.360 e. The predicted octanol–water partition coefficient (Wildman–Crippen LogP) is 3.23. The summed E-state index contributed by atoms with van der Waals surface area (Å²) in [7, 11) is 0. The first-order valence-corrected chi connectivity index (χ1v) is 7.35. The molecule has 0 fully saturated rings. The highest BCUT2D eigenvalue weighted by Crippen LogP contribution is 2.33. The summed E-state index contributed by atoms with van der Waals surface area (Å²) >= 11 is 11.0. The van der Waals surface area contributed by atoms with E-state index in [0.717, 1.165) is 0 Å². The standard InChI is InChI=1S/C15H13ClFN3O2S/c1-3-7-18-15(23)19-14(21)11-8(2)22-20-13(11)12-9(16)5-4-6-10(12)17/h3-6H,1,7H2,2H3,(H2,18,19,21,23). The summed E-state index contributed by atoms with van der Waals surface area (Å²) in [5, 5.41) is 9.23. The Labute approximate surface area is 142 Å². The molecule has 0 spiro atoms. The first-order valence-electron chi connectivity index (χ1n) is 6.56. The van der Waals surface area contributed by atoms with Crippen molar-refractivity contribution in [2.75, 3.05) is 6.54 Å². The Hall–Kier alpha value is -2.25. The molecule has 1 aromatic carbocycles. The Bertz CT molecular complexity index is 756. The fourth-order valence-corrected chi connectivity index (χ4v) is 2.34. The number of nitrogens with one attached hydrogen (secondary N) is 2. The van der Waals surface area contributed by atoms with E-state index >= 15 is 0 Å². The zero-order valence-electron chi connectivity index (χ0n) is 12.2. The summed E-state index contributed by atoms with van der Waals surface area (Å²) in [6.07, 6.45) is 1.59. The van der Waals surface area contributed by atoms with Gasteiger partial charge in [-0.3, -0.25) is 10.1 Å². The maximum absolute atomic E-state index is 14.1. The number of carbonyl (C=O) groups excluding carboxylic acids is 1. The van der Waals surface area contributed by atoms with Gasteiger partial charge in [0.25, 0.3) is 5.91 Å². The van der Waals surface area contributed by atoms with Gasteiger partial charge in [0.2, 0.25) is 0 Å². The fourth-order valence-electron chi connectivity index (χ4n) is 1.91. The molecular weight excluding hydrogens is 341 g/mol. The average Bonchev–Trinajstić information content (AvgIpc) is 2.86. The van der Waals surface area contributed by atoms with Crippen LogP contribution in [0, 0.1) is 12.7 Å². The monoisotopic (exact) mass is 353 g/mol. The van der Waals surface area contributed by atoms with E-state index in [4.69, 9.17) is 28.3 Å². The Morgan fingerprint density at radius 3 is 2.96 bits per heavy atom. The van der Waals surface area contributed by atoms with Gasteiger partial charge in [0.1, 0.15) is 22.8 Å². The minimum atomic E-state index is -0.604. The Balaban J connectivity index is 2.38. The average molecular weight is 354 g/mol. The molecule has 5 nitrogen and oxygen atoms in total. The summed E-state index contributed by atoms with van der Waals surface area (Å²) < 4.78 is 19.1. The van der Waals surface area contributed by atoms with Crippen molar-refractivity contribution in [1.29, 1.82) is 0 Å². The summed E-state index contributed by atoms with van der Waals surface area (Å²) in [6, 6.07) is 4.19. The van der Waals surface area contributed by atoms with Crippen LogP contribution in [0.3, 0.4) is 0 Å². The molecule has 0 bridgehead atoms. The Morgan fingerprint density at radius 2 is 2.30 bits per heavy atom. The Morgan fingerprint density at radius 1 is 1.57 bits per heavy atom. The molecule has 2 aromatic rings. The highest BCUT2D eigenvalue weighted by atomic mass is 35.5. The number of hydrogen-bond donors (Lipinski definition) is 2. The molecular formula is C15H13ClFN3O2S. The van der Waals surface area contributed by atoms with E-state index in [0.29, 0.717) is 6.54 Å². The molecule has 2 N–H and O–H groups in total. The van der Waals surface area contributed by atoms with Crippen molar-refractivity contribution in [2.24, 2.45) is 0 Å². The molecule has 0 radical (unpaired) electrons. The van der Waals surface area contributed by atoms with Crippen LogP contribution in [0.15, 0.2) is 35.4 Å². The lowest BCUT2D eigenvalue weighted by atomic mass is 10.1. The molecule has 1 heterocycles. The van der Waals surface area contributed by atoms with E-state index in [1.807, 2.05) is 0 Å². The van der Waals surface area contributed by atoms with Crippen LogP contribution >= 0.6 is 23.8 Å². The highest BCUT2D eigenvalue weighted by molar-refractivity contribution is 7.80. The van der Waals surface area contributed by atoms with Gasteiger partial charge in [-0.2, -0.15) is 0 Å². The topological polar surface area (TPSA) is 67.2 Å². The number of thiocarbonyl (C=S) groups is 1. The first-order chi connectivity index (χ1) is 11.0. The van der Waals surface area contributed by atoms with Crippen molar-refractivity contribution in [3.8, 4) is 11.3 Å². The lowest BCUT2D eigenvalue weighted by Gasteiger charge is -2.09. The van der Waals surface area contributed by atoms with Crippen LogP contribution in [-0.2, 0) is 0 Å². The van der Waals surface area contributed by atoms with Crippen LogP contribution in [0.2, 0.25) is 5.02 Å². The molecule has 0 aliphatic heterocycles. The number of hydrogen-bond acceptors (Lipinski definition) is 4. The van der Waals surface area contributed by atoms with Gasteiger partial charge in [0, 0.05) is 6.54 Å². The number of nitrogens with zero attached hydrogens (tertiary/aromatic N) is 1. The molecule has 8 heteroatoms. The molecule has 0 saturated heterocycles. The van der Waals surface area contributed by atoms with E-state index < -0.39 is 11.7 Å². The van der Waals surface area contributed by atoms with Crippen LogP contribution < -0.4 is 10.6 Å². The van der Waals surface area contributed by atoms with Gasteiger partial charge in [0.05, 0.1) is 10.6 Å². The molecule has 120 valence electrons. The number of aromatic nitrogens is 1. The van der Waals surface area contributed by atoms with Crippen molar-refractivity contribution in [3.63, 3.8) is 0 Å². The second-order valence-electron chi connectivity index (χ2n) is 4.51. The lowest BCUT2D eigenvalue weighted by molar-refractivity contribution is 0.0976. The third-order valence-corrected chi connectivity index (χ3v) is 3.48. The second-order valence-corrected chi connectivity index (χ2v) is 5.33. The van der Waals surface area contributed by atoms with Crippen LogP contribution in [0.4, 0.5) is 4.39 Å². The molecule has 23 heavy (non-hydrogen) atoms. The van der Waals surface area contributed by atoms with Crippen molar-refractivity contribution >= 4 is 34.8 Å². The van der Waals surface area contributed by atoms with E-state index in [9.17, 15) is 9.18 Å². The SMILES string of the molecule is C=CCNC(=S)NC(=O)c1c(-c2c(F)cccc2Cl)noc1C. The summed E-state index contributed by atoms with van der Waals surface area (Å²) in [5.41, 5.74) is 0.0931. The van der Waals surface area contributed by atoms with Gasteiger partial charge < -0.3 is 9.84 Å². The minimum absolute atomic E-state index is 0.00105. The van der Waals surface area contributed by atoms with Crippen molar-refractivity contribution in [3.05, 3.63) is 53.0 Å². The highest BCUT2D eigenvalue weighted by Gasteiger charge is 2.25. The number of benzene rings is 1. The lowest BCUT2D eigenvalue weighted by Crippen LogP contribution is -2.39. The number of amides is 1. The van der Waals surface area contributed by atoms with Gasteiger partial charge in [0.15, 0.2) is 5.11 Å². The third-order valence-electron chi connectivity index (χ3n) is 2.92. The van der Waals surface area contributed by atoms with Gasteiger partial charge >= 0.3 is 0 Å². The molecule has 1 amide bonds. The van der Waals surface area contributed by atoms with Gasteiger partial charge in [-0.05, 0) is 31.3 Å². The van der Waals surface area contributed by atoms with Gasteiger partial charge in [-0.1, -0.05) is 28.9 Å². The summed E-state index contributed by atoms with van der Waals surface area (Å²) in [5.74, 6) is -0.949. The van der Waals surface area contributed by atoms with Crippen molar-refractivity contribution in [1.82, 2.24) is 15.8 Å². The number of halogens is 2. The maximum Gasteiger partial charge on any atom is 0.263 e. The normalized spacial score (nSPS) is 10.2. The fraction of sp³-hybridized carbons (Fsp3) is 0.133. The molecule has 0 unspecified atom stereocenters. The van der Waals surface area contributed by atoms with Crippen LogP contribution in [0.5, 0.6) is 0 Å². The van der Waals surface area contributed by atoms with E-state index in [1.165, 1.54) is 18.2 Å². The van der Waals surface area contributed by atoms with Crippen LogP contribution in [0.25, 0.3) is 11.3 Å². The van der Waals surface area contributed by atoms with Crippen LogP contribution in [0.1, 0.15) is 16.1 Å². The maximum atomic E-state index is 14.1. The molecule has 2 rings (SSSR count). The molecule has 1 aromatic heterocycles. The number of aryl methyl sites for hydroxylation is 1. The van der Waals surface area contributed by atoms with Gasteiger partial charge in [-0.15, -0.1) is 6.58 Å². The van der Waals surface area contributed by atoms with Crippen molar-refractivity contribution < 1.29 is 13.7 Å². The molecule has 0 aliphatic carbocycles. The van der Waals surface area contributed by atoms with E-state index in [-0.39, 0.29) is 32.7 Å². The molecule has 0 atom stereocenters. The minimum Gasteiger partial charge on any atom is -0.360 e. The Kier molecular flexibility index (Phi) is 5.46. The summed E-state index contributed by atoms with van der Waals surface area (Å²) in [4.78, 5) is 12.4. The van der Waals surface area contributed by atoms with Gasteiger partial charge in [-0.25, -0.2) is 4.39 Å². The van der Waals surface area contributed by atoms with E-state index in [1.54, 1.807) is 13.0 Å². The zero-order valence-corrected chi connectivity index (χ0v) is 13.7. The summed E-state index contributed by atoms with van der Waals surface area (Å²) in [6.45, 7) is 5.47. The molecule has 0 saturated carbocycles. The number of carbonyl (C=O) groups is 1. The zero-order chi connectivity index (χ0) is 17.0. The number of rotatable bonds is 4. The third kappa shape index (κ3) is 3.75. The first kappa shape index (κ1) is 17.1. The van der Waals surface area contributed by atoms with Crippen molar-refractivity contribution in [2.45, 2.75) is 6.92 Å². The van der Waals surface area contributed by atoms with E-state index in [2.05, 4.69) is 22.4 Å². The second kappa shape index (κ2) is 7.34. The smallest absolute Gasteiger partial charge is 0.263 e. The predicted molar refractivity (Wildman–Crippen MR) is 89.9 cm³/mol. The van der Waals surface area contributed by atoms with Crippen LogP contribution in [-0.4, -0.2) is 22.7 Å².